The normalized spacial score (nSPS) is 16.9. The van der Waals surface area contributed by atoms with Gasteiger partial charge < -0.3 is 35.1 Å². The molecule has 0 atom stereocenters. The van der Waals surface area contributed by atoms with Crippen LogP contribution in [-0.2, 0) is 51.5 Å². The third kappa shape index (κ3) is 15.9. The Morgan fingerprint density at radius 1 is 0.675 bits per heavy atom. The van der Waals surface area contributed by atoms with Crippen molar-refractivity contribution in [3.63, 3.8) is 0 Å². The summed E-state index contributed by atoms with van der Waals surface area (Å²) in [6.45, 7) is 7.65. The first-order valence-corrected chi connectivity index (χ1v) is 18.6. The van der Waals surface area contributed by atoms with Crippen LogP contribution in [0.15, 0.2) is 57.6 Å². The Hall–Kier alpha value is -0.921. The van der Waals surface area contributed by atoms with Crippen LogP contribution in [0, 0.1) is 0 Å². The zero-order chi connectivity index (χ0) is 28.7. The third-order valence-electron chi connectivity index (χ3n) is 5.19. The SMILES string of the molecule is C/C(=N\N=C(/[S-])N1CCCC1)c1cnccn1.C/C(=N\N=C(/[S-])N1CCCC1)c1cnccn1.[Cl][Fe-]([Cl])([Cl])[Cl].[Fe+3]. The molecule has 2 aromatic heterocycles. The first kappa shape index (κ1) is 37.1. The number of hydrogen-bond donors (Lipinski definition) is 0. The first-order valence-electron chi connectivity index (χ1n) is 11.7. The fourth-order valence-electron chi connectivity index (χ4n) is 3.25. The van der Waals surface area contributed by atoms with Gasteiger partial charge in [0.2, 0.25) is 0 Å². The number of likely N-dealkylation sites (tertiary alicyclic amines) is 2. The van der Waals surface area contributed by atoms with Crippen molar-refractivity contribution in [2.24, 2.45) is 20.4 Å². The van der Waals surface area contributed by atoms with Crippen LogP contribution in [0.2, 0.25) is 0 Å². The van der Waals surface area contributed by atoms with Crippen molar-refractivity contribution in [2.45, 2.75) is 39.5 Å². The molecule has 0 amide bonds. The van der Waals surface area contributed by atoms with Gasteiger partial charge in [0.1, 0.15) is 11.4 Å². The second-order valence-corrected chi connectivity index (χ2v) is 19.7. The van der Waals surface area contributed by atoms with Gasteiger partial charge in [0.15, 0.2) is 0 Å². The van der Waals surface area contributed by atoms with Crippen molar-refractivity contribution in [3.05, 3.63) is 48.6 Å². The number of halogens is 4. The topological polar surface area (TPSA) is 107 Å². The zero-order valence-electron chi connectivity index (χ0n) is 21.6. The van der Waals surface area contributed by atoms with Crippen LogP contribution in [0.4, 0.5) is 0 Å². The minimum Gasteiger partial charge on any atom is 3.00 e. The predicted molar refractivity (Wildman–Crippen MR) is 163 cm³/mol. The molecule has 2 aliphatic rings. The van der Waals surface area contributed by atoms with Gasteiger partial charge in [-0.2, -0.15) is 20.4 Å². The molecule has 4 heterocycles. The van der Waals surface area contributed by atoms with Crippen LogP contribution in [0.25, 0.3) is 0 Å². The van der Waals surface area contributed by atoms with E-state index >= 15 is 0 Å². The van der Waals surface area contributed by atoms with Crippen molar-refractivity contribution in [3.8, 4) is 0 Å². The van der Waals surface area contributed by atoms with Crippen LogP contribution in [0.1, 0.15) is 50.9 Å². The van der Waals surface area contributed by atoms with E-state index in [9.17, 15) is 0 Å². The minimum absolute atomic E-state index is 0. The molecule has 0 N–H and O–H groups in total. The van der Waals surface area contributed by atoms with Gasteiger partial charge in [-0.1, -0.05) is 0 Å². The monoisotopic (exact) mass is 748 g/mol. The Bertz CT molecular complexity index is 1040. The Kier molecular flexibility index (Phi) is 18.6. The van der Waals surface area contributed by atoms with E-state index in [1.54, 1.807) is 37.2 Å². The molecular formula is C22H28Cl4Fe2N10S2. The van der Waals surface area contributed by atoms with E-state index in [1.807, 2.05) is 13.8 Å². The van der Waals surface area contributed by atoms with E-state index in [1.165, 1.54) is 25.7 Å². The molecule has 2 saturated heterocycles. The molecule has 0 bridgehead atoms. The van der Waals surface area contributed by atoms with Gasteiger partial charge in [0, 0.05) is 61.3 Å². The van der Waals surface area contributed by atoms with E-state index < -0.39 is 9.20 Å². The molecule has 40 heavy (non-hydrogen) atoms. The molecule has 0 spiro atoms. The summed E-state index contributed by atoms with van der Waals surface area (Å²) in [5.41, 5.74) is 2.89. The third-order valence-corrected chi connectivity index (χ3v) is 5.87. The quantitative estimate of drug-likeness (QED) is 0.139. The average molecular weight is 750 g/mol. The maximum Gasteiger partial charge on any atom is 3.00 e. The summed E-state index contributed by atoms with van der Waals surface area (Å²) < 4.78 is 0. The average Bonchev–Trinajstić information content (AvgIpc) is 3.66. The fraction of sp³-hybridized carbons (Fsp3) is 0.455. The van der Waals surface area contributed by atoms with E-state index in [4.69, 9.17) is 65.6 Å². The van der Waals surface area contributed by atoms with Gasteiger partial charge in [-0.15, -0.1) is 0 Å². The van der Waals surface area contributed by atoms with Crippen molar-refractivity contribution < 1.29 is 26.3 Å². The molecular weight excluding hydrogens is 722 g/mol. The van der Waals surface area contributed by atoms with Crippen molar-refractivity contribution in [1.29, 1.82) is 0 Å². The number of rotatable bonds is 4. The molecule has 0 saturated carbocycles. The molecule has 1 radical (unpaired) electrons. The van der Waals surface area contributed by atoms with Gasteiger partial charge >= 0.3 is 66.7 Å². The Morgan fingerprint density at radius 3 is 1.27 bits per heavy atom. The molecule has 0 unspecified atom stereocenters. The van der Waals surface area contributed by atoms with Gasteiger partial charge in [-0.05, 0) is 39.5 Å². The van der Waals surface area contributed by atoms with Gasteiger partial charge in [0.25, 0.3) is 0 Å². The number of amidine groups is 2. The maximum atomic E-state index is 5.20. The van der Waals surface area contributed by atoms with Gasteiger partial charge in [0.05, 0.1) is 23.8 Å². The number of nitrogens with zero attached hydrogens (tertiary/aromatic N) is 10. The second kappa shape index (κ2) is 20.1. The number of aromatic nitrogens is 4. The number of hydrogen-bond acceptors (Lipinski definition) is 10. The molecule has 2 aliphatic heterocycles. The zero-order valence-corrected chi connectivity index (χ0v) is 28.5. The smallest absolute Gasteiger partial charge is 3.00 e. The van der Waals surface area contributed by atoms with E-state index in [-0.39, 0.29) is 17.1 Å². The summed E-state index contributed by atoms with van der Waals surface area (Å²) in [7, 11) is 17.2. The van der Waals surface area contributed by atoms with Crippen LogP contribution in [0.5, 0.6) is 0 Å². The van der Waals surface area contributed by atoms with Crippen molar-refractivity contribution in [1.82, 2.24) is 29.7 Å². The Balaban J connectivity index is 0.000000336. The van der Waals surface area contributed by atoms with E-state index in [0.29, 0.717) is 10.3 Å². The van der Waals surface area contributed by atoms with Crippen molar-refractivity contribution >= 4 is 87.4 Å². The predicted octanol–water partition coefficient (Wildman–Crippen LogP) is 5.15. The van der Waals surface area contributed by atoms with Crippen LogP contribution < -0.4 is 0 Å². The summed E-state index contributed by atoms with van der Waals surface area (Å²) in [4.78, 5) is 20.4. The summed E-state index contributed by atoms with van der Waals surface area (Å²) in [6, 6.07) is 0. The molecule has 2 fully saturated rings. The van der Waals surface area contributed by atoms with Gasteiger partial charge in [-0.3, -0.25) is 19.9 Å². The van der Waals surface area contributed by atoms with Gasteiger partial charge in [-0.25, -0.2) is 0 Å². The second-order valence-electron chi connectivity index (χ2n) is 8.01. The molecule has 18 heteroatoms. The summed E-state index contributed by atoms with van der Waals surface area (Å²) in [5.74, 6) is 0. The first-order chi connectivity index (χ1) is 18.5. The summed E-state index contributed by atoms with van der Waals surface area (Å²) in [6.07, 6.45) is 14.6. The molecule has 10 nitrogen and oxygen atoms in total. The standard InChI is InChI=1S/2C11H15N5S.4ClH.2Fe/c2*1-9(10-8-12-4-5-13-10)14-15-11(17)16-6-2-3-7-16;;;;;;/h2*4-5,8H,2-3,6-7H2,1H3,(H,15,17);4*1H;;/q;;;;;;2*+3/p-6/b2*14-9+;;;;;;. The Labute approximate surface area is 276 Å². The van der Waals surface area contributed by atoms with Crippen LogP contribution >= 0.6 is 40.4 Å². The van der Waals surface area contributed by atoms with Crippen LogP contribution in [0.3, 0.4) is 0 Å². The largest absolute Gasteiger partial charge is 3.00 e. The van der Waals surface area contributed by atoms with Crippen LogP contribution in [-0.4, -0.2) is 77.7 Å². The molecule has 222 valence electrons. The Morgan fingerprint density at radius 2 is 1.00 bits per heavy atom. The van der Waals surface area contributed by atoms with E-state index in [0.717, 1.165) is 49.0 Å². The van der Waals surface area contributed by atoms with E-state index in [2.05, 4.69) is 50.1 Å². The summed E-state index contributed by atoms with van der Waals surface area (Å²) >= 11 is 10.4. The molecule has 0 aliphatic carbocycles. The molecule has 0 aromatic carbocycles. The summed E-state index contributed by atoms with van der Waals surface area (Å²) in [5, 5.41) is 17.4. The maximum absolute atomic E-state index is 5.20. The molecule has 2 aromatic rings. The fourth-order valence-corrected chi connectivity index (χ4v) is 3.70. The molecule has 4 rings (SSSR count). The van der Waals surface area contributed by atoms with Crippen molar-refractivity contribution in [2.75, 3.05) is 26.2 Å². The minimum atomic E-state index is -2.61.